The Morgan fingerprint density at radius 1 is 1.10 bits per heavy atom. The predicted molar refractivity (Wildman–Crippen MR) is 75.9 cm³/mol. The fraction of sp³-hybridized carbons (Fsp3) is 0.500. The van der Waals surface area contributed by atoms with E-state index in [1.54, 1.807) is 4.90 Å². The van der Waals surface area contributed by atoms with Gasteiger partial charge in [-0.3, -0.25) is 9.69 Å². The molecule has 1 aromatic carbocycles. The van der Waals surface area contributed by atoms with Gasteiger partial charge in [0, 0.05) is 13.1 Å². The number of urea groups is 1. The molecule has 20 heavy (non-hydrogen) atoms. The summed E-state index contributed by atoms with van der Waals surface area (Å²) in [5.41, 5.74) is 0.997. The third-order valence-electron chi connectivity index (χ3n) is 4.53. The highest BCUT2D eigenvalue weighted by Gasteiger charge is 2.45. The predicted octanol–water partition coefficient (Wildman–Crippen LogP) is 2.64. The lowest BCUT2D eigenvalue weighted by molar-refractivity contribution is -0.140. The number of benzene rings is 1. The van der Waals surface area contributed by atoms with Crippen LogP contribution in [0.2, 0.25) is 0 Å². The van der Waals surface area contributed by atoms with Gasteiger partial charge in [0.15, 0.2) is 0 Å². The molecule has 3 amide bonds. The molecule has 4 nitrogen and oxygen atoms in total. The molecule has 2 atom stereocenters. The van der Waals surface area contributed by atoms with Crippen LogP contribution in [0.25, 0.3) is 0 Å². The second-order valence-electron chi connectivity index (χ2n) is 5.76. The van der Waals surface area contributed by atoms with E-state index in [1.165, 1.54) is 4.90 Å². The highest BCUT2D eigenvalue weighted by molar-refractivity contribution is 5.98. The summed E-state index contributed by atoms with van der Waals surface area (Å²) in [5.74, 6) is 0.0109. The number of nitrogens with zero attached hydrogens (tertiary/aromatic N) is 2. The average Bonchev–Trinajstić information content (AvgIpc) is 2.50. The Labute approximate surface area is 119 Å². The molecule has 1 aliphatic carbocycles. The van der Waals surface area contributed by atoms with Gasteiger partial charge in [-0.05, 0) is 18.4 Å². The minimum atomic E-state index is -0.151. The van der Waals surface area contributed by atoms with Crippen LogP contribution >= 0.6 is 0 Å². The van der Waals surface area contributed by atoms with Crippen LogP contribution in [0.1, 0.15) is 31.2 Å². The first-order valence-corrected chi connectivity index (χ1v) is 7.30. The average molecular weight is 272 g/mol. The van der Waals surface area contributed by atoms with E-state index in [9.17, 15) is 9.59 Å². The lowest BCUT2D eigenvalue weighted by Gasteiger charge is -2.45. The van der Waals surface area contributed by atoms with Gasteiger partial charge in [0.2, 0.25) is 5.91 Å². The smallest absolute Gasteiger partial charge is 0.324 e. The maximum atomic E-state index is 12.6. The van der Waals surface area contributed by atoms with Crippen LogP contribution in [0.15, 0.2) is 30.3 Å². The molecule has 0 spiro atoms. The molecule has 3 rings (SSSR count). The zero-order valence-corrected chi connectivity index (χ0v) is 11.8. The fourth-order valence-electron chi connectivity index (χ4n) is 3.40. The first-order chi connectivity index (χ1) is 9.68. The summed E-state index contributed by atoms with van der Waals surface area (Å²) in [6.07, 6.45) is 4.07. The van der Waals surface area contributed by atoms with Crippen molar-refractivity contribution in [3.63, 3.8) is 0 Å². The van der Waals surface area contributed by atoms with Crippen LogP contribution in [0, 0.1) is 5.92 Å². The molecule has 2 aliphatic rings. The highest BCUT2D eigenvalue weighted by Crippen LogP contribution is 2.34. The van der Waals surface area contributed by atoms with Gasteiger partial charge >= 0.3 is 6.03 Å². The number of rotatable bonds is 2. The molecule has 1 saturated carbocycles. The molecule has 0 radical (unpaired) electrons. The lowest BCUT2D eigenvalue weighted by Crippen LogP contribution is -2.60. The van der Waals surface area contributed by atoms with E-state index in [-0.39, 0.29) is 23.9 Å². The summed E-state index contributed by atoms with van der Waals surface area (Å²) >= 11 is 0. The second-order valence-corrected chi connectivity index (χ2v) is 5.76. The molecule has 0 bridgehead atoms. The van der Waals surface area contributed by atoms with Crippen LogP contribution in [0.3, 0.4) is 0 Å². The SMILES string of the molecule is CN1C(=O)N(Cc2ccccc2)C(=O)C2CCCCC21. The fourth-order valence-corrected chi connectivity index (χ4v) is 3.40. The van der Waals surface area contributed by atoms with Gasteiger partial charge < -0.3 is 4.90 Å². The maximum absolute atomic E-state index is 12.6. The van der Waals surface area contributed by atoms with Crippen molar-refractivity contribution in [2.45, 2.75) is 38.3 Å². The van der Waals surface area contributed by atoms with Crippen LogP contribution < -0.4 is 0 Å². The Morgan fingerprint density at radius 2 is 1.80 bits per heavy atom. The van der Waals surface area contributed by atoms with Gasteiger partial charge in [-0.15, -0.1) is 0 Å². The molecule has 2 fully saturated rings. The summed E-state index contributed by atoms with van der Waals surface area (Å²) in [4.78, 5) is 28.2. The molecule has 4 heteroatoms. The van der Waals surface area contributed by atoms with Gasteiger partial charge in [0.25, 0.3) is 0 Å². The van der Waals surface area contributed by atoms with E-state index in [1.807, 2.05) is 37.4 Å². The van der Waals surface area contributed by atoms with Crippen molar-refractivity contribution < 1.29 is 9.59 Å². The molecule has 106 valence electrons. The molecular formula is C16H20N2O2. The maximum Gasteiger partial charge on any atom is 0.327 e. The van der Waals surface area contributed by atoms with Crippen molar-refractivity contribution in [2.24, 2.45) is 5.92 Å². The summed E-state index contributed by atoms with van der Waals surface area (Å²) in [6, 6.07) is 9.66. The molecule has 1 aromatic rings. The first-order valence-electron chi connectivity index (χ1n) is 7.30. The van der Waals surface area contributed by atoms with Gasteiger partial charge in [0.1, 0.15) is 0 Å². The topological polar surface area (TPSA) is 40.6 Å². The summed E-state index contributed by atoms with van der Waals surface area (Å²) in [7, 11) is 1.83. The van der Waals surface area contributed by atoms with E-state index in [4.69, 9.17) is 0 Å². The van der Waals surface area contributed by atoms with Crippen molar-refractivity contribution in [1.82, 2.24) is 9.80 Å². The van der Waals surface area contributed by atoms with Gasteiger partial charge in [-0.2, -0.15) is 0 Å². The third-order valence-corrected chi connectivity index (χ3v) is 4.53. The first kappa shape index (κ1) is 13.2. The summed E-state index contributed by atoms with van der Waals surface area (Å²) in [6.45, 7) is 0.381. The van der Waals surface area contributed by atoms with Crippen molar-refractivity contribution in [2.75, 3.05) is 7.05 Å². The minimum absolute atomic E-state index is 0.00448. The Bertz CT molecular complexity index is 514. The zero-order chi connectivity index (χ0) is 14.1. The van der Waals surface area contributed by atoms with Crippen molar-refractivity contribution in [3.05, 3.63) is 35.9 Å². The number of imide groups is 1. The third kappa shape index (κ3) is 2.19. The van der Waals surface area contributed by atoms with E-state index in [0.717, 1.165) is 31.2 Å². The highest BCUT2D eigenvalue weighted by atomic mass is 16.2. The molecule has 1 aliphatic heterocycles. The molecule has 2 unspecified atom stereocenters. The monoisotopic (exact) mass is 272 g/mol. The normalized spacial score (nSPS) is 26.6. The largest absolute Gasteiger partial charge is 0.327 e. The number of amides is 3. The van der Waals surface area contributed by atoms with Crippen molar-refractivity contribution >= 4 is 11.9 Å². The Kier molecular flexibility index (Phi) is 3.47. The zero-order valence-electron chi connectivity index (χ0n) is 11.8. The Balaban J connectivity index is 1.83. The summed E-state index contributed by atoms with van der Waals surface area (Å²) in [5, 5.41) is 0. The second kappa shape index (κ2) is 5.27. The van der Waals surface area contributed by atoms with Crippen LogP contribution in [0.4, 0.5) is 4.79 Å². The number of carbonyl (C=O) groups excluding carboxylic acids is 2. The van der Waals surface area contributed by atoms with Gasteiger partial charge in [0.05, 0.1) is 12.5 Å². The molecule has 0 N–H and O–H groups in total. The van der Waals surface area contributed by atoms with Crippen LogP contribution in [-0.4, -0.2) is 34.8 Å². The van der Waals surface area contributed by atoms with Crippen molar-refractivity contribution in [3.8, 4) is 0 Å². The van der Waals surface area contributed by atoms with Gasteiger partial charge in [-0.25, -0.2) is 4.79 Å². The molecule has 1 saturated heterocycles. The van der Waals surface area contributed by atoms with E-state index >= 15 is 0 Å². The van der Waals surface area contributed by atoms with E-state index in [0.29, 0.717) is 6.54 Å². The molecular weight excluding hydrogens is 252 g/mol. The number of hydrogen-bond donors (Lipinski definition) is 0. The number of hydrogen-bond acceptors (Lipinski definition) is 2. The number of fused-ring (bicyclic) bond motifs is 1. The van der Waals surface area contributed by atoms with E-state index < -0.39 is 0 Å². The minimum Gasteiger partial charge on any atom is -0.324 e. The van der Waals surface area contributed by atoms with Crippen molar-refractivity contribution in [1.29, 1.82) is 0 Å². The van der Waals surface area contributed by atoms with Gasteiger partial charge in [-0.1, -0.05) is 43.2 Å². The summed E-state index contributed by atoms with van der Waals surface area (Å²) < 4.78 is 0. The lowest BCUT2D eigenvalue weighted by atomic mass is 9.81. The Morgan fingerprint density at radius 3 is 2.55 bits per heavy atom. The van der Waals surface area contributed by atoms with Crippen LogP contribution in [-0.2, 0) is 11.3 Å². The van der Waals surface area contributed by atoms with E-state index in [2.05, 4.69) is 0 Å². The molecule has 0 aromatic heterocycles. The Hall–Kier alpha value is -1.84. The standard InChI is InChI=1S/C16H20N2O2/c1-17-14-10-6-5-9-13(14)15(19)18(16(17)20)11-12-7-3-2-4-8-12/h2-4,7-8,13-14H,5-6,9-11H2,1H3. The number of carbonyl (C=O) groups is 2. The quantitative estimate of drug-likeness (QED) is 0.830. The molecule has 1 heterocycles. The van der Waals surface area contributed by atoms with Crippen LogP contribution in [0.5, 0.6) is 0 Å².